The van der Waals surface area contributed by atoms with Gasteiger partial charge in [-0.2, -0.15) is 0 Å². The molecule has 0 nitrogen and oxygen atoms in total. The lowest BCUT2D eigenvalue weighted by atomic mass is 9.95. The van der Waals surface area contributed by atoms with E-state index < -0.39 is 0 Å². The van der Waals surface area contributed by atoms with Crippen LogP contribution in [0.5, 0.6) is 0 Å². The van der Waals surface area contributed by atoms with Crippen molar-refractivity contribution in [2.45, 2.75) is 258 Å². The highest BCUT2D eigenvalue weighted by Gasteiger charge is 2.02. The summed E-state index contributed by atoms with van der Waals surface area (Å²) in [5.41, 5.74) is 0. The molecular weight excluding hydrogens is 492 g/mol. The van der Waals surface area contributed by atoms with Crippen LogP contribution in [0.15, 0.2) is 0 Å². The fraction of sp³-hybridized carbons (Fsp3) is 1.00. The van der Waals surface area contributed by atoms with E-state index in [-0.39, 0.29) is 0 Å². The minimum Gasteiger partial charge on any atom is -0.0654 e. The van der Waals surface area contributed by atoms with Gasteiger partial charge >= 0.3 is 0 Å². The van der Waals surface area contributed by atoms with Crippen molar-refractivity contribution in [1.82, 2.24) is 0 Å². The first-order chi connectivity index (χ1) is 20.3. The molecule has 0 heterocycles. The van der Waals surface area contributed by atoms with Gasteiger partial charge in [-0.25, -0.2) is 0 Å². The average molecular weight is 577 g/mol. The Balaban J connectivity index is 3.13. The van der Waals surface area contributed by atoms with Gasteiger partial charge in [0, 0.05) is 0 Å². The highest BCUT2D eigenvalue weighted by atomic mass is 14.1. The largest absolute Gasteiger partial charge is 0.0654 e. The third-order valence-corrected chi connectivity index (χ3v) is 9.85. The van der Waals surface area contributed by atoms with Gasteiger partial charge in [0.2, 0.25) is 0 Å². The topological polar surface area (TPSA) is 0 Å². The van der Waals surface area contributed by atoms with Crippen LogP contribution in [-0.2, 0) is 0 Å². The molecule has 0 radical (unpaired) electrons. The Bertz CT molecular complexity index is 426. The summed E-state index contributed by atoms with van der Waals surface area (Å²) in [6.45, 7) is 7.13. The van der Waals surface area contributed by atoms with Crippen LogP contribution in [0, 0.1) is 5.92 Å². The van der Waals surface area contributed by atoms with Gasteiger partial charge in [-0.1, -0.05) is 258 Å². The number of rotatable bonds is 37. The van der Waals surface area contributed by atoms with Gasteiger partial charge in [-0.15, -0.1) is 0 Å². The molecule has 0 aromatic rings. The Morgan fingerprint density at radius 3 is 0.537 bits per heavy atom. The van der Waals surface area contributed by atoms with Crippen LogP contribution in [-0.4, -0.2) is 0 Å². The SMILES string of the molecule is CCCCCCCCCCCCCCCCCCCCC(C)CCCCCCCCCCCCCCCCCCC. The van der Waals surface area contributed by atoms with Crippen LogP contribution in [0.25, 0.3) is 0 Å². The summed E-state index contributed by atoms with van der Waals surface area (Å²) in [7, 11) is 0. The highest BCUT2D eigenvalue weighted by Crippen LogP contribution is 2.20. The molecule has 1 atom stereocenters. The lowest BCUT2D eigenvalue weighted by molar-refractivity contribution is 0.429. The zero-order valence-corrected chi connectivity index (χ0v) is 29.7. The smallest absolute Gasteiger partial charge is 0.0443 e. The normalized spacial score (nSPS) is 12.4. The van der Waals surface area contributed by atoms with E-state index in [1.165, 1.54) is 238 Å². The van der Waals surface area contributed by atoms with E-state index in [2.05, 4.69) is 20.8 Å². The monoisotopic (exact) mass is 577 g/mol. The maximum absolute atomic E-state index is 2.51. The summed E-state index contributed by atoms with van der Waals surface area (Å²) >= 11 is 0. The molecule has 0 amide bonds. The zero-order valence-electron chi connectivity index (χ0n) is 29.7. The maximum atomic E-state index is 2.51. The molecule has 0 N–H and O–H groups in total. The molecule has 0 heteroatoms. The van der Waals surface area contributed by atoms with Crippen molar-refractivity contribution in [3.63, 3.8) is 0 Å². The van der Waals surface area contributed by atoms with E-state index in [1.54, 1.807) is 0 Å². The number of hydrogen-bond donors (Lipinski definition) is 0. The molecule has 0 aliphatic carbocycles. The van der Waals surface area contributed by atoms with Crippen molar-refractivity contribution in [2.75, 3.05) is 0 Å². The van der Waals surface area contributed by atoms with Gasteiger partial charge in [-0.3, -0.25) is 0 Å². The van der Waals surface area contributed by atoms with E-state index in [0.717, 1.165) is 5.92 Å². The molecule has 248 valence electrons. The highest BCUT2D eigenvalue weighted by molar-refractivity contribution is 4.57. The van der Waals surface area contributed by atoms with Gasteiger partial charge in [0.15, 0.2) is 0 Å². The predicted molar refractivity (Wildman–Crippen MR) is 191 cm³/mol. The summed E-state index contributed by atoms with van der Waals surface area (Å²) in [5, 5.41) is 0. The van der Waals surface area contributed by atoms with Crippen molar-refractivity contribution in [2.24, 2.45) is 5.92 Å². The van der Waals surface area contributed by atoms with Crippen LogP contribution in [0.3, 0.4) is 0 Å². The standard InChI is InChI=1S/C41H84/c1-4-6-8-10-12-14-16-18-20-22-24-26-28-30-32-34-36-38-40-41(3)39-37-35-33-31-29-27-25-23-21-19-17-15-13-11-9-7-5-2/h41H,4-40H2,1-3H3. The molecule has 0 aliphatic heterocycles. The molecule has 0 aromatic carbocycles. The molecular formula is C41H84. The second-order valence-electron chi connectivity index (χ2n) is 14.3. The van der Waals surface area contributed by atoms with Crippen molar-refractivity contribution >= 4 is 0 Å². The second-order valence-corrected chi connectivity index (χ2v) is 14.3. The minimum atomic E-state index is 0.965. The Labute approximate surface area is 263 Å². The molecule has 0 aromatic heterocycles. The third kappa shape index (κ3) is 38.0. The van der Waals surface area contributed by atoms with Crippen LogP contribution in [0.2, 0.25) is 0 Å². The minimum absolute atomic E-state index is 0.965. The molecule has 0 saturated heterocycles. The first kappa shape index (κ1) is 41.0. The third-order valence-electron chi connectivity index (χ3n) is 9.85. The van der Waals surface area contributed by atoms with Crippen molar-refractivity contribution in [3.05, 3.63) is 0 Å². The summed E-state index contributed by atoms with van der Waals surface area (Å²) in [5.74, 6) is 0.965. The Hall–Kier alpha value is 0. The molecule has 1 unspecified atom stereocenters. The van der Waals surface area contributed by atoms with Gasteiger partial charge in [0.1, 0.15) is 0 Å². The number of unbranched alkanes of at least 4 members (excludes halogenated alkanes) is 33. The lowest BCUT2D eigenvalue weighted by Gasteiger charge is -2.11. The molecule has 0 aliphatic rings. The van der Waals surface area contributed by atoms with E-state index in [4.69, 9.17) is 0 Å². The van der Waals surface area contributed by atoms with Gasteiger partial charge in [0.05, 0.1) is 0 Å². The molecule has 0 saturated carbocycles. The molecule has 0 bridgehead atoms. The van der Waals surface area contributed by atoms with Crippen molar-refractivity contribution in [1.29, 1.82) is 0 Å². The summed E-state index contributed by atoms with van der Waals surface area (Å²) < 4.78 is 0. The number of hydrogen-bond acceptors (Lipinski definition) is 0. The van der Waals surface area contributed by atoms with E-state index >= 15 is 0 Å². The van der Waals surface area contributed by atoms with Crippen LogP contribution >= 0.6 is 0 Å². The van der Waals surface area contributed by atoms with Crippen LogP contribution < -0.4 is 0 Å². The zero-order chi connectivity index (χ0) is 29.7. The maximum Gasteiger partial charge on any atom is -0.0443 e. The fourth-order valence-electron chi connectivity index (χ4n) is 6.76. The quantitative estimate of drug-likeness (QED) is 0.0645. The van der Waals surface area contributed by atoms with Crippen LogP contribution in [0.4, 0.5) is 0 Å². The van der Waals surface area contributed by atoms with Gasteiger partial charge in [0.25, 0.3) is 0 Å². The first-order valence-corrected chi connectivity index (χ1v) is 20.3. The van der Waals surface area contributed by atoms with Crippen LogP contribution in [0.1, 0.15) is 258 Å². The van der Waals surface area contributed by atoms with E-state index in [0.29, 0.717) is 0 Å². The first-order valence-electron chi connectivity index (χ1n) is 20.3. The Morgan fingerprint density at radius 1 is 0.220 bits per heavy atom. The summed E-state index contributed by atoms with van der Waals surface area (Å²) in [6, 6.07) is 0. The molecule has 41 heavy (non-hydrogen) atoms. The van der Waals surface area contributed by atoms with E-state index in [9.17, 15) is 0 Å². The molecule has 0 rings (SSSR count). The fourth-order valence-corrected chi connectivity index (χ4v) is 6.76. The average Bonchev–Trinajstić information content (AvgIpc) is 2.98. The van der Waals surface area contributed by atoms with Gasteiger partial charge < -0.3 is 0 Å². The Kier molecular flexibility index (Phi) is 38.0. The van der Waals surface area contributed by atoms with Crippen molar-refractivity contribution in [3.8, 4) is 0 Å². The summed E-state index contributed by atoms with van der Waals surface area (Å²) in [6.07, 6.45) is 54.7. The Morgan fingerprint density at radius 2 is 0.366 bits per heavy atom. The predicted octanol–water partition coefficient (Wildman–Crippen LogP) is 16.1. The van der Waals surface area contributed by atoms with E-state index in [1.807, 2.05) is 0 Å². The van der Waals surface area contributed by atoms with Crippen molar-refractivity contribution < 1.29 is 0 Å². The summed E-state index contributed by atoms with van der Waals surface area (Å²) in [4.78, 5) is 0. The molecule has 0 spiro atoms. The second kappa shape index (κ2) is 38.0. The van der Waals surface area contributed by atoms with Gasteiger partial charge in [-0.05, 0) is 5.92 Å². The molecule has 0 fully saturated rings. The lowest BCUT2D eigenvalue weighted by Crippen LogP contribution is -1.95.